The molecule has 0 radical (unpaired) electrons. The van der Waals surface area contributed by atoms with Gasteiger partial charge in [0.1, 0.15) is 18.2 Å². The summed E-state index contributed by atoms with van der Waals surface area (Å²) in [6.45, 7) is 6.42. The summed E-state index contributed by atoms with van der Waals surface area (Å²) in [5, 5.41) is 1.04. The van der Waals surface area contributed by atoms with Crippen molar-refractivity contribution in [3.63, 3.8) is 0 Å². The number of anilines is 1. The molecule has 1 unspecified atom stereocenters. The number of ether oxygens (including phenoxy) is 1. The zero-order chi connectivity index (χ0) is 22.6. The average molecular weight is 493 g/mol. The second-order valence-corrected chi connectivity index (χ2v) is 9.60. The lowest BCUT2D eigenvalue weighted by Gasteiger charge is -2.39. The van der Waals surface area contributed by atoms with E-state index in [1.165, 1.54) is 12.1 Å². The van der Waals surface area contributed by atoms with Gasteiger partial charge < -0.3 is 15.4 Å². The summed E-state index contributed by atoms with van der Waals surface area (Å²) in [5.41, 5.74) is 8.25. The fraction of sp³-hybridized carbons (Fsp3) is 0.273. The number of nitrogen functional groups attached to an aromatic ring is 1. The number of halogens is 3. The number of hydrogen-bond acceptors (Lipinski definition) is 6. The minimum atomic E-state index is -0.397. The van der Waals surface area contributed by atoms with Crippen molar-refractivity contribution >= 4 is 55.8 Å². The zero-order valence-corrected chi connectivity index (χ0v) is 19.2. The third-order valence-electron chi connectivity index (χ3n) is 5.92. The highest BCUT2D eigenvalue weighted by atomic mass is 35.5. The van der Waals surface area contributed by atoms with Crippen LogP contribution in [0.2, 0.25) is 10.0 Å². The molecule has 6 nitrogen and oxygen atoms in total. The zero-order valence-electron chi connectivity index (χ0n) is 16.9. The Bertz CT molecular complexity index is 1260. The van der Waals surface area contributed by atoms with E-state index in [0.29, 0.717) is 69.9 Å². The maximum absolute atomic E-state index is 14.3. The molecule has 2 aromatic carbocycles. The molecule has 5 rings (SSSR count). The van der Waals surface area contributed by atoms with Crippen LogP contribution in [-0.2, 0) is 11.3 Å². The quantitative estimate of drug-likeness (QED) is 0.530. The molecule has 0 spiro atoms. The molecule has 0 aliphatic carbocycles. The molecule has 2 aliphatic rings. The van der Waals surface area contributed by atoms with Gasteiger partial charge in [-0.05, 0) is 24.3 Å². The van der Waals surface area contributed by atoms with E-state index in [0.717, 1.165) is 16.9 Å². The van der Waals surface area contributed by atoms with Crippen LogP contribution >= 0.6 is 34.5 Å². The number of nitrogens with zero attached hydrogens (tertiary/aromatic N) is 3. The lowest BCUT2D eigenvalue weighted by molar-refractivity contribution is -0.129. The first-order valence-corrected chi connectivity index (χ1v) is 11.6. The topological polar surface area (TPSA) is 71.7 Å². The lowest BCUT2D eigenvalue weighted by Crippen LogP contribution is -2.55. The van der Waals surface area contributed by atoms with Gasteiger partial charge in [0.05, 0.1) is 26.3 Å². The van der Waals surface area contributed by atoms with Crippen molar-refractivity contribution in [3.8, 4) is 16.9 Å². The van der Waals surface area contributed by atoms with Gasteiger partial charge >= 0.3 is 0 Å². The Labute approximate surface area is 198 Å². The molecule has 1 fully saturated rings. The first-order valence-electron chi connectivity index (χ1n) is 10.0. The summed E-state index contributed by atoms with van der Waals surface area (Å²) >= 11 is 14.6. The van der Waals surface area contributed by atoms with Crippen molar-refractivity contribution in [2.45, 2.75) is 12.6 Å². The Morgan fingerprint density at radius 1 is 1.38 bits per heavy atom. The fourth-order valence-corrected chi connectivity index (χ4v) is 5.87. The van der Waals surface area contributed by atoms with Gasteiger partial charge in [0.15, 0.2) is 5.13 Å². The number of aromatic nitrogens is 1. The Morgan fingerprint density at radius 3 is 2.97 bits per heavy atom. The van der Waals surface area contributed by atoms with Crippen LogP contribution in [0.15, 0.2) is 30.9 Å². The van der Waals surface area contributed by atoms with E-state index < -0.39 is 5.82 Å². The highest BCUT2D eigenvalue weighted by molar-refractivity contribution is 7.22. The summed E-state index contributed by atoms with van der Waals surface area (Å²) < 4.78 is 20.8. The lowest BCUT2D eigenvalue weighted by atomic mass is 10.0. The predicted molar refractivity (Wildman–Crippen MR) is 126 cm³/mol. The van der Waals surface area contributed by atoms with Crippen molar-refractivity contribution in [3.05, 3.63) is 52.3 Å². The molecule has 3 heterocycles. The van der Waals surface area contributed by atoms with E-state index in [1.54, 1.807) is 11.0 Å². The van der Waals surface area contributed by atoms with Crippen molar-refractivity contribution in [2.75, 3.05) is 32.0 Å². The Morgan fingerprint density at radius 2 is 2.19 bits per heavy atom. The molecule has 32 heavy (non-hydrogen) atoms. The largest absolute Gasteiger partial charge is 0.490 e. The van der Waals surface area contributed by atoms with Crippen LogP contribution in [-0.4, -0.2) is 53.0 Å². The van der Waals surface area contributed by atoms with E-state index in [9.17, 15) is 9.18 Å². The molecule has 166 valence electrons. The maximum atomic E-state index is 14.3. The number of piperazine rings is 1. The molecule has 1 atom stereocenters. The smallest absolute Gasteiger partial charge is 0.246 e. The number of hydrogen-bond donors (Lipinski definition) is 1. The van der Waals surface area contributed by atoms with Gasteiger partial charge in [0, 0.05) is 42.9 Å². The molecule has 10 heteroatoms. The van der Waals surface area contributed by atoms with Gasteiger partial charge in [-0.3, -0.25) is 9.69 Å². The summed E-state index contributed by atoms with van der Waals surface area (Å²) in [4.78, 5) is 20.4. The van der Waals surface area contributed by atoms with Gasteiger partial charge in [0.25, 0.3) is 0 Å². The van der Waals surface area contributed by atoms with E-state index in [4.69, 9.17) is 33.7 Å². The third-order valence-corrected chi connectivity index (χ3v) is 7.47. The van der Waals surface area contributed by atoms with Crippen LogP contribution in [0.25, 0.3) is 21.3 Å². The normalized spacial score (nSPS) is 18.6. The first-order chi connectivity index (χ1) is 15.4. The molecular formula is C22H19Cl2FN4O2S. The van der Waals surface area contributed by atoms with Crippen LogP contribution < -0.4 is 10.5 Å². The standard InChI is InChI=1S/C22H19Cl2FN4O2S/c1-2-16(30)29-6-5-28-8-11-7-14(23)17(18(24)20(11)31-10-12(28)9-29)13-3-4-15(25)21-19(13)27-22(26)32-21/h2-4,7,12H,1,5-6,8-10H2,(H2,26,27). The summed E-state index contributed by atoms with van der Waals surface area (Å²) in [6.07, 6.45) is 1.33. The molecule has 2 N–H and O–H groups in total. The third kappa shape index (κ3) is 3.51. The number of fused-ring (bicyclic) bond motifs is 3. The molecular weight excluding hydrogens is 474 g/mol. The second-order valence-electron chi connectivity index (χ2n) is 7.78. The molecule has 0 bridgehead atoms. The molecule has 0 saturated carbocycles. The van der Waals surface area contributed by atoms with E-state index >= 15 is 0 Å². The van der Waals surface area contributed by atoms with Gasteiger partial charge in [0.2, 0.25) is 5.91 Å². The van der Waals surface area contributed by atoms with Crippen LogP contribution in [0, 0.1) is 5.82 Å². The van der Waals surface area contributed by atoms with Crippen LogP contribution in [0.1, 0.15) is 5.56 Å². The van der Waals surface area contributed by atoms with Gasteiger partial charge in [-0.2, -0.15) is 0 Å². The fourth-order valence-electron chi connectivity index (χ4n) is 4.35. The molecule has 2 aliphatic heterocycles. The molecule has 1 aromatic heterocycles. The Kier molecular flexibility index (Phi) is 5.49. The van der Waals surface area contributed by atoms with Crippen molar-refractivity contribution < 1.29 is 13.9 Å². The van der Waals surface area contributed by atoms with Gasteiger partial charge in [-0.1, -0.05) is 41.1 Å². The SMILES string of the molecule is C=CC(=O)N1CCN2Cc3cc(Cl)c(-c4ccc(F)c5sc(N)nc45)c(Cl)c3OCC2C1. The van der Waals surface area contributed by atoms with Crippen molar-refractivity contribution in [1.29, 1.82) is 0 Å². The number of benzene rings is 2. The number of amides is 1. The Hall–Kier alpha value is -2.39. The minimum Gasteiger partial charge on any atom is -0.490 e. The molecule has 3 aromatic rings. The van der Waals surface area contributed by atoms with E-state index in [1.807, 2.05) is 6.07 Å². The predicted octanol–water partition coefficient (Wildman–Crippen LogP) is 4.58. The second kappa shape index (κ2) is 8.19. The minimum absolute atomic E-state index is 0.0224. The number of thiazole rings is 1. The highest BCUT2D eigenvalue weighted by Crippen LogP contribution is 2.47. The highest BCUT2D eigenvalue weighted by Gasteiger charge is 2.33. The van der Waals surface area contributed by atoms with Crippen LogP contribution in [0.5, 0.6) is 5.75 Å². The monoisotopic (exact) mass is 492 g/mol. The van der Waals surface area contributed by atoms with Crippen molar-refractivity contribution in [1.82, 2.24) is 14.8 Å². The van der Waals surface area contributed by atoms with Crippen LogP contribution in [0.4, 0.5) is 9.52 Å². The summed E-state index contributed by atoms with van der Waals surface area (Å²) in [5.74, 6) is 0.0621. The number of rotatable bonds is 2. The average Bonchev–Trinajstić information content (AvgIpc) is 3.07. The number of carbonyl (C=O) groups excluding carboxylic acids is 1. The van der Waals surface area contributed by atoms with Crippen molar-refractivity contribution in [2.24, 2.45) is 0 Å². The summed E-state index contributed by atoms with van der Waals surface area (Å²) in [6, 6.07) is 4.83. The molecule has 1 amide bonds. The molecule has 1 saturated heterocycles. The van der Waals surface area contributed by atoms with Gasteiger partial charge in [-0.15, -0.1) is 0 Å². The van der Waals surface area contributed by atoms with E-state index in [-0.39, 0.29) is 17.1 Å². The number of nitrogens with two attached hydrogens (primary N) is 1. The first kappa shape index (κ1) is 21.5. The van der Waals surface area contributed by atoms with Crippen LogP contribution in [0.3, 0.4) is 0 Å². The maximum Gasteiger partial charge on any atom is 0.246 e. The van der Waals surface area contributed by atoms with Gasteiger partial charge in [-0.25, -0.2) is 9.37 Å². The summed E-state index contributed by atoms with van der Waals surface area (Å²) in [7, 11) is 0. The van der Waals surface area contributed by atoms with E-state index in [2.05, 4.69) is 16.5 Å². The number of carbonyl (C=O) groups is 1. The Balaban J connectivity index is 1.55.